The first-order valence-electron chi connectivity index (χ1n) is 4.70. The van der Waals surface area contributed by atoms with E-state index < -0.39 is 5.97 Å². The molecule has 3 aliphatic carbocycles. The average Bonchev–Trinajstić information content (AvgIpc) is 2.66. The molecule has 64 valence electrons. The highest BCUT2D eigenvalue weighted by atomic mass is 16.4. The third-order valence-electron chi connectivity index (χ3n) is 4.03. The number of aliphatic carboxylic acids is 1. The van der Waals surface area contributed by atoms with E-state index in [1.807, 2.05) is 0 Å². The van der Waals surface area contributed by atoms with E-state index in [0.717, 1.165) is 6.42 Å². The number of carboxylic acids is 1. The molecule has 0 aromatic carbocycles. The van der Waals surface area contributed by atoms with Crippen LogP contribution in [0, 0.1) is 29.6 Å². The van der Waals surface area contributed by atoms with Crippen LogP contribution in [-0.4, -0.2) is 11.1 Å². The molecule has 3 rings (SSSR count). The standard InChI is InChI=1S/C10H12O2/c11-10(12)9-7-3-1-5-6(7)2-4-8(5)9/h1,3,5-9H,2,4H2,(H,11,12). The molecule has 2 nitrogen and oxygen atoms in total. The highest BCUT2D eigenvalue weighted by Gasteiger charge is 2.57. The third-order valence-corrected chi connectivity index (χ3v) is 4.03. The molecule has 2 heteroatoms. The van der Waals surface area contributed by atoms with Gasteiger partial charge in [0.15, 0.2) is 0 Å². The first-order valence-corrected chi connectivity index (χ1v) is 4.70. The van der Waals surface area contributed by atoms with Gasteiger partial charge in [-0.15, -0.1) is 0 Å². The molecule has 0 amide bonds. The zero-order valence-corrected chi connectivity index (χ0v) is 6.81. The average molecular weight is 164 g/mol. The fourth-order valence-electron chi connectivity index (χ4n) is 3.66. The van der Waals surface area contributed by atoms with Crippen molar-refractivity contribution < 1.29 is 9.90 Å². The smallest absolute Gasteiger partial charge is 0.307 e. The molecule has 12 heavy (non-hydrogen) atoms. The van der Waals surface area contributed by atoms with Gasteiger partial charge in [0, 0.05) is 0 Å². The normalized spacial score (nSPS) is 53.5. The summed E-state index contributed by atoms with van der Waals surface area (Å²) in [7, 11) is 0. The SMILES string of the molecule is O=C(O)C1C2C=CC3C2CCC31. The molecular weight excluding hydrogens is 152 g/mol. The van der Waals surface area contributed by atoms with Gasteiger partial charge in [-0.25, -0.2) is 0 Å². The fraction of sp³-hybridized carbons (Fsp3) is 0.700. The minimum atomic E-state index is -0.568. The number of hydrogen-bond donors (Lipinski definition) is 1. The Morgan fingerprint density at radius 2 is 1.83 bits per heavy atom. The highest BCUT2D eigenvalue weighted by molar-refractivity contribution is 5.72. The maximum Gasteiger partial charge on any atom is 0.307 e. The van der Waals surface area contributed by atoms with Crippen LogP contribution in [0.25, 0.3) is 0 Å². The van der Waals surface area contributed by atoms with Crippen LogP contribution < -0.4 is 0 Å². The number of hydrogen-bond acceptors (Lipinski definition) is 1. The Morgan fingerprint density at radius 1 is 1.17 bits per heavy atom. The van der Waals surface area contributed by atoms with Gasteiger partial charge in [0.25, 0.3) is 0 Å². The summed E-state index contributed by atoms with van der Waals surface area (Å²) >= 11 is 0. The van der Waals surface area contributed by atoms with Crippen molar-refractivity contribution >= 4 is 5.97 Å². The zero-order chi connectivity index (χ0) is 8.29. The second-order valence-corrected chi connectivity index (χ2v) is 4.31. The van der Waals surface area contributed by atoms with Crippen LogP contribution in [0.2, 0.25) is 0 Å². The molecule has 0 aromatic heterocycles. The summed E-state index contributed by atoms with van der Waals surface area (Å²) in [4.78, 5) is 10.9. The molecule has 0 saturated heterocycles. The maximum absolute atomic E-state index is 10.9. The van der Waals surface area contributed by atoms with Crippen molar-refractivity contribution in [3.05, 3.63) is 12.2 Å². The molecule has 0 aromatic rings. The summed E-state index contributed by atoms with van der Waals surface area (Å²) in [6.45, 7) is 0. The van der Waals surface area contributed by atoms with E-state index in [1.54, 1.807) is 0 Å². The highest BCUT2D eigenvalue weighted by Crippen LogP contribution is 2.60. The van der Waals surface area contributed by atoms with Crippen LogP contribution in [0.3, 0.4) is 0 Å². The van der Waals surface area contributed by atoms with Crippen molar-refractivity contribution in [2.75, 3.05) is 0 Å². The fourth-order valence-corrected chi connectivity index (χ4v) is 3.66. The molecule has 1 N–H and O–H groups in total. The lowest BCUT2D eigenvalue weighted by atomic mass is 9.78. The van der Waals surface area contributed by atoms with Crippen LogP contribution in [0.15, 0.2) is 12.2 Å². The van der Waals surface area contributed by atoms with Gasteiger partial charge in [-0.1, -0.05) is 12.2 Å². The summed E-state index contributed by atoms with van der Waals surface area (Å²) in [5, 5.41) is 9.02. The van der Waals surface area contributed by atoms with E-state index in [1.165, 1.54) is 6.42 Å². The Kier molecular flexibility index (Phi) is 1.07. The number of rotatable bonds is 1. The molecule has 4 bridgehead atoms. The lowest BCUT2D eigenvalue weighted by molar-refractivity contribution is -0.145. The Morgan fingerprint density at radius 3 is 2.33 bits per heavy atom. The quantitative estimate of drug-likeness (QED) is 0.597. The zero-order valence-electron chi connectivity index (χ0n) is 6.81. The Bertz CT molecular complexity index is 269. The molecule has 3 aliphatic rings. The predicted molar refractivity (Wildman–Crippen MR) is 43.5 cm³/mol. The van der Waals surface area contributed by atoms with Gasteiger partial charge >= 0.3 is 5.97 Å². The van der Waals surface area contributed by atoms with E-state index >= 15 is 0 Å². The van der Waals surface area contributed by atoms with E-state index in [0.29, 0.717) is 23.7 Å². The molecule has 2 saturated carbocycles. The number of allylic oxidation sites excluding steroid dienone is 2. The summed E-state index contributed by atoms with van der Waals surface area (Å²) < 4.78 is 0. The Labute approximate surface area is 71.3 Å². The van der Waals surface area contributed by atoms with E-state index in [-0.39, 0.29) is 5.92 Å². The molecular formula is C10H12O2. The first-order chi connectivity index (χ1) is 5.79. The van der Waals surface area contributed by atoms with Crippen LogP contribution in [-0.2, 0) is 4.79 Å². The molecule has 0 aliphatic heterocycles. The molecule has 5 unspecified atom stereocenters. The van der Waals surface area contributed by atoms with Gasteiger partial charge in [-0.2, -0.15) is 0 Å². The molecule has 2 fully saturated rings. The van der Waals surface area contributed by atoms with E-state index in [2.05, 4.69) is 12.2 Å². The molecule has 5 atom stereocenters. The second kappa shape index (κ2) is 1.93. The van der Waals surface area contributed by atoms with Crippen molar-refractivity contribution in [2.24, 2.45) is 29.6 Å². The molecule has 0 spiro atoms. The minimum absolute atomic E-state index is 0.0428. The summed E-state index contributed by atoms with van der Waals surface area (Å²) in [5.41, 5.74) is 0. The maximum atomic E-state index is 10.9. The Hall–Kier alpha value is -0.790. The second-order valence-electron chi connectivity index (χ2n) is 4.31. The largest absolute Gasteiger partial charge is 0.481 e. The van der Waals surface area contributed by atoms with Crippen molar-refractivity contribution in [3.63, 3.8) is 0 Å². The van der Waals surface area contributed by atoms with Gasteiger partial charge in [0.1, 0.15) is 0 Å². The van der Waals surface area contributed by atoms with Crippen molar-refractivity contribution in [3.8, 4) is 0 Å². The van der Waals surface area contributed by atoms with Crippen molar-refractivity contribution in [2.45, 2.75) is 12.8 Å². The van der Waals surface area contributed by atoms with Gasteiger partial charge in [-0.3, -0.25) is 4.79 Å². The third kappa shape index (κ3) is 0.563. The van der Waals surface area contributed by atoms with Crippen LogP contribution >= 0.6 is 0 Å². The van der Waals surface area contributed by atoms with Gasteiger partial charge < -0.3 is 5.11 Å². The van der Waals surface area contributed by atoms with Crippen LogP contribution in [0.4, 0.5) is 0 Å². The summed E-state index contributed by atoms with van der Waals surface area (Å²) in [6, 6.07) is 0. The lowest BCUT2D eigenvalue weighted by Gasteiger charge is -2.25. The first kappa shape index (κ1) is 6.70. The van der Waals surface area contributed by atoms with Crippen LogP contribution in [0.5, 0.6) is 0 Å². The predicted octanol–water partition coefficient (Wildman–Crippen LogP) is 1.53. The molecule has 0 radical (unpaired) electrons. The van der Waals surface area contributed by atoms with Crippen molar-refractivity contribution in [1.29, 1.82) is 0 Å². The van der Waals surface area contributed by atoms with Gasteiger partial charge in [0.05, 0.1) is 5.92 Å². The summed E-state index contributed by atoms with van der Waals surface area (Å²) in [5.74, 6) is 1.56. The van der Waals surface area contributed by atoms with E-state index in [4.69, 9.17) is 5.11 Å². The topological polar surface area (TPSA) is 37.3 Å². The van der Waals surface area contributed by atoms with Gasteiger partial charge in [-0.05, 0) is 36.5 Å². The Balaban J connectivity index is 2.01. The number of carboxylic acid groups (broad SMARTS) is 1. The van der Waals surface area contributed by atoms with Crippen LogP contribution in [0.1, 0.15) is 12.8 Å². The summed E-state index contributed by atoms with van der Waals surface area (Å²) in [6.07, 6.45) is 6.81. The number of carbonyl (C=O) groups is 1. The minimum Gasteiger partial charge on any atom is -0.481 e. The van der Waals surface area contributed by atoms with Crippen molar-refractivity contribution in [1.82, 2.24) is 0 Å². The molecule has 0 heterocycles. The van der Waals surface area contributed by atoms with E-state index in [9.17, 15) is 4.79 Å². The monoisotopic (exact) mass is 164 g/mol. The van der Waals surface area contributed by atoms with Gasteiger partial charge in [0.2, 0.25) is 0 Å². The lowest BCUT2D eigenvalue weighted by Crippen LogP contribution is -2.29.